The van der Waals surface area contributed by atoms with Crippen LogP contribution in [0.4, 0.5) is 5.13 Å². The molecule has 18 heavy (non-hydrogen) atoms. The molecule has 0 spiro atoms. The average molecular weight is 268 g/mol. The summed E-state index contributed by atoms with van der Waals surface area (Å²) in [6.07, 6.45) is 4.99. The third kappa shape index (κ3) is 2.53. The van der Waals surface area contributed by atoms with Gasteiger partial charge in [-0.25, -0.2) is 4.98 Å². The first-order valence-corrected chi connectivity index (χ1v) is 7.51. The minimum atomic E-state index is 0.131. The fourth-order valence-corrected chi connectivity index (χ4v) is 3.38. The van der Waals surface area contributed by atoms with Crippen LogP contribution < -0.4 is 4.90 Å². The zero-order chi connectivity index (χ0) is 12.5. The Balaban J connectivity index is 1.79. The number of ether oxygens (including phenoxy) is 1. The van der Waals surface area contributed by atoms with E-state index in [9.17, 15) is 5.11 Å². The quantitative estimate of drug-likeness (QED) is 0.823. The Hall–Kier alpha value is -0.650. The van der Waals surface area contributed by atoms with E-state index < -0.39 is 0 Å². The molecule has 0 unspecified atom stereocenters. The first-order valence-electron chi connectivity index (χ1n) is 6.69. The van der Waals surface area contributed by atoms with Crippen LogP contribution in [0.1, 0.15) is 42.2 Å². The predicted octanol–water partition coefficient (Wildman–Crippen LogP) is 2.13. The van der Waals surface area contributed by atoms with Crippen LogP contribution in [0, 0.1) is 0 Å². The summed E-state index contributed by atoms with van der Waals surface area (Å²) in [4.78, 5) is 8.21. The summed E-state index contributed by atoms with van der Waals surface area (Å²) in [7, 11) is 1.74. The van der Waals surface area contributed by atoms with E-state index in [0.29, 0.717) is 12.0 Å². The lowest BCUT2D eigenvalue weighted by molar-refractivity contribution is 0.205. The van der Waals surface area contributed by atoms with E-state index in [4.69, 9.17) is 9.72 Å². The SMILES string of the molecule is COCCN(c1nc(C2CC2)c(CO)s1)C1CC1. The molecule has 100 valence electrons. The molecular weight excluding hydrogens is 248 g/mol. The van der Waals surface area contributed by atoms with Crippen molar-refractivity contribution >= 4 is 16.5 Å². The van der Waals surface area contributed by atoms with Gasteiger partial charge >= 0.3 is 0 Å². The molecule has 4 nitrogen and oxygen atoms in total. The van der Waals surface area contributed by atoms with Gasteiger partial charge in [-0.3, -0.25) is 0 Å². The van der Waals surface area contributed by atoms with Crippen molar-refractivity contribution in [1.82, 2.24) is 4.98 Å². The van der Waals surface area contributed by atoms with Crippen molar-refractivity contribution in [2.45, 2.75) is 44.2 Å². The second-order valence-electron chi connectivity index (χ2n) is 5.15. The molecule has 5 heteroatoms. The van der Waals surface area contributed by atoms with Crippen LogP contribution >= 0.6 is 11.3 Å². The molecule has 2 aliphatic carbocycles. The van der Waals surface area contributed by atoms with Gasteiger partial charge in [0.15, 0.2) is 5.13 Å². The topological polar surface area (TPSA) is 45.6 Å². The first-order chi connectivity index (χ1) is 8.83. The van der Waals surface area contributed by atoms with Gasteiger partial charge in [-0.2, -0.15) is 0 Å². The molecule has 1 N–H and O–H groups in total. The third-order valence-electron chi connectivity index (χ3n) is 3.59. The Kier molecular flexibility index (Phi) is 3.54. The van der Waals surface area contributed by atoms with Gasteiger partial charge in [0.2, 0.25) is 0 Å². The molecule has 3 rings (SSSR count). The Morgan fingerprint density at radius 3 is 2.72 bits per heavy atom. The predicted molar refractivity (Wildman–Crippen MR) is 72.3 cm³/mol. The summed E-state index contributed by atoms with van der Waals surface area (Å²) >= 11 is 1.66. The van der Waals surface area contributed by atoms with Gasteiger partial charge in [0.05, 0.1) is 23.8 Å². The van der Waals surface area contributed by atoms with E-state index in [-0.39, 0.29) is 6.61 Å². The highest BCUT2D eigenvalue weighted by molar-refractivity contribution is 7.15. The molecule has 0 radical (unpaired) electrons. The second-order valence-corrected chi connectivity index (χ2v) is 6.22. The first kappa shape index (κ1) is 12.4. The number of anilines is 1. The second kappa shape index (κ2) is 5.15. The number of aromatic nitrogens is 1. The number of hydrogen-bond acceptors (Lipinski definition) is 5. The minimum absolute atomic E-state index is 0.131. The summed E-state index contributed by atoms with van der Waals surface area (Å²) < 4.78 is 5.18. The van der Waals surface area contributed by atoms with Crippen LogP contribution in [-0.2, 0) is 11.3 Å². The van der Waals surface area contributed by atoms with Crippen LogP contribution in [0.2, 0.25) is 0 Å². The van der Waals surface area contributed by atoms with Gasteiger partial charge in [0.1, 0.15) is 0 Å². The summed E-state index contributed by atoms with van der Waals surface area (Å²) in [5, 5.41) is 10.5. The lowest BCUT2D eigenvalue weighted by Gasteiger charge is -2.20. The minimum Gasteiger partial charge on any atom is -0.391 e. The molecule has 2 fully saturated rings. The van der Waals surface area contributed by atoms with Gasteiger partial charge < -0.3 is 14.7 Å². The van der Waals surface area contributed by atoms with Crippen molar-refractivity contribution in [3.8, 4) is 0 Å². The maximum atomic E-state index is 9.45. The fourth-order valence-electron chi connectivity index (χ4n) is 2.27. The third-order valence-corrected chi connectivity index (χ3v) is 4.69. The molecule has 0 amide bonds. The van der Waals surface area contributed by atoms with Crippen LogP contribution in [0.5, 0.6) is 0 Å². The van der Waals surface area contributed by atoms with E-state index in [1.165, 1.54) is 25.7 Å². The fraction of sp³-hybridized carbons (Fsp3) is 0.769. The molecule has 0 aromatic carbocycles. The molecule has 2 aliphatic rings. The van der Waals surface area contributed by atoms with Crippen molar-refractivity contribution in [3.05, 3.63) is 10.6 Å². The highest BCUT2D eigenvalue weighted by Crippen LogP contribution is 2.45. The van der Waals surface area contributed by atoms with Gasteiger partial charge in [-0.15, -0.1) is 0 Å². The Labute approximate surface area is 112 Å². The molecule has 0 atom stereocenters. The van der Waals surface area contributed by atoms with E-state index >= 15 is 0 Å². The van der Waals surface area contributed by atoms with Crippen LogP contribution in [0.25, 0.3) is 0 Å². The zero-order valence-electron chi connectivity index (χ0n) is 10.8. The lowest BCUT2D eigenvalue weighted by Crippen LogP contribution is -2.29. The number of rotatable bonds is 7. The maximum Gasteiger partial charge on any atom is 0.186 e. The number of hydrogen-bond donors (Lipinski definition) is 1. The molecule has 0 bridgehead atoms. The Morgan fingerprint density at radius 2 is 2.17 bits per heavy atom. The van der Waals surface area contributed by atoms with Gasteiger partial charge in [0, 0.05) is 25.6 Å². The number of aliphatic hydroxyl groups excluding tert-OH is 1. The van der Waals surface area contributed by atoms with Gasteiger partial charge in [-0.1, -0.05) is 11.3 Å². The van der Waals surface area contributed by atoms with E-state index in [0.717, 1.165) is 28.9 Å². The number of nitrogens with zero attached hydrogens (tertiary/aromatic N) is 2. The van der Waals surface area contributed by atoms with Crippen molar-refractivity contribution < 1.29 is 9.84 Å². The van der Waals surface area contributed by atoms with Gasteiger partial charge in [0.25, 0.3) is 0 Å². The lowest BCUT2D eigenvalue weighted by atomic mass is 10.2. The number of thiazole rings is 1. The van der Waals surface area contributed by atoms with E-state index in [1.807, 2.05) is 0 Å². The molecule has 0 saturated heterocycles. The monoisotopic (exact) mass is 268 g/mol. The molecule has 2 saturated carbocycles. The highest BCUT2D eigenvalue weighted by Gasteiger charge is 2.34. The summed E-state index contributed by atoms with van der Waals surface area (Å²) in [6, 6.07) is 0.643. The van der Waals surface area contributed by atoms with Crippen molar-refractivity contribution in [2.75, 3.05) is 25.2 Å². The molecule has 1 aromatic rings. The van der Waals surface area contributed by atoms with Gasteiger partial charge in [-0.05, 0) is 25.7 Å². The molecular formula is C13H20N2O2S. The summed E-state index contributed by atoms with van der Waals surface area (Å²) in [5.41, 5.74) is 1.15. The number of methoxy groups -OCH3 is 1. The van der Waals surface area contributed by atoms with Crippen LogP contribution in [-0.4, -0.2) is 36.4 Å². The molecule has 1 heterocycles. The van der Waals surface area contributed by atoms with Crippen molar-refractivity contribution in [2.24, 2.45) is 0 Å². The largest absolute Gasteiger partial charge is 0.391 e. The average Bonchev–Trinajstić information content (AvgIpc) is 3.28. The van der Waals surface area contributed by atoms with Crippen LogP contribution in [0.15, 0.2) is 0 Å². The Morgan fingerprint density at radius 1 is 1.39 bits per heavy atom. The van der Waals surface area contributed by atoms with Crippen molar-refractivity contribution in [3.63, 3.8) is 0 Å². The smallest absolute Gasteiger partial charge is 0.186 e. The Bertz CT molecular complexity index is 413. The van der Waals surface area contributed by atoms with Crippen LogP contribution in [0.3, 0.4) is 0 Å². The zero-order valence-corrected chi connectivity index (χ0v) is 11.6. The standard InChI is InChI=1S/C13H20N2O2S/c1-17-7-6-15(10-4-5-10)13-14-12(9-2-3-9)11(8-16)18-13/h9-10,16H,2-8H2,1H3. The van der Waals surface area contributed by atoms with Crippen molar-refractivity contribution in [1.29, 1.82) is 0 Å². The molecule has 1 aromatic heterocycles. The summed E-state index contributed by atoms with van der Waals surface area (Å²) in [6.45, 7) is 1.78. The normalized spacial score (nSPS) is 19.2. The molecule has 0 aliphatic heterocycles. The number of aliphatic hydroxyl groups is 1. The van der Waals surface area contributed by atoms with E-state index in [1.54, 1.807) is 18.4 Å². The highest BCUT2D eigenvalue weighted by atomic mass is 32.1. The van der Waals surface area contributed by atoms with E-state index in [2.05, 4.69) is 4.90 Å². The maximum absolute atomic E-state index is 9.45. The summed E-state index contributed by atoms with van der Waals surface area (Å²) in [5.74, 6) is 0.612.